The molecule has 0 aliphatic carbocycles. The first-order valence-electron chi connectivity index (χ1n) is 23.6. The summed E-state index contributed by atoms with van der Waals surface area (Å²) >= 11 is 0. The zero-order valence-corrected chi connectivity index (χ0v) is 28.0. The predicted molar refractivity (Wildman–Crippen MR) is 223 cm³/mol. The van der Waals surface area contributed by atoms with E-state index in [-0.39, 0.29) is 49.6 Å². The molecule has 1 aromatic heterocycles. The van der Waals surface area contributed by atoms with Gasteiger partial charge in [0.1, 0.15) is 5.82 Å². The molecule has 0 radical (unpaired) electrons. The highest BCUT2D eigenvalue weighted by atomic mass is 15.1. The number of hydrogen-bond donors (Lipinski definition) is 0. The smallest absolute Gasteiger partial charge is 0.145 e. The van der Waals surface area contributed by atoms with E-state index in [1.165, 1.54) is 0 Å². The van der Waals surface area contributed by atoms with Crippen LogP contribution in [0.15, 0.2) is 206 Å². The van der Waals surface area contributed by atoms with Gasteiger partial charge in [-0.3, -0.25) is 4.57 Å². The fraction of sp³-hybridized carbons (Fsp3) is 0. The van der Waals surface area contributed by atoms with E-state index in [2.05, 4.69) is 0 Å². The number of benzene rings is 9. The Balaban J connectivity index is 1.43. The summed E-state index contributed by atoms with van der Waals surface area (Å²) in [5.74, 6) is -0.0131. The molecule has 0 amide bonds. The first kappa shape index (κ1) is 20.1. The SMILES string of the molecule is [2H]c1c([2H])c([2H])c(-c2nc3ccccc3n2-c2ccccc2-c2c3c([2H])c([2H])c([2H])c([2H])c3c(-c3cc(-c4ccccc4)cc(-c4ccccc4)c3)c3c([2H])c([2H])c([2H])c([2H])c23)c([2H])c1[2H]. The molecule has 248 valence electrons. The van der Waals surface area contributed by atoms with E-state index < -0.39 is 78.6 Å². The maximum absolute atomic E-state index is 9.69. The standard InChI is InChI=1S/C51H34N2/c1-4-18-35(19-5-1)38-32-39(36-20-6-2-7-21-36)34-40(33-38)49-41-24-10-12-26-43(41)50(44-27-13-11-25-42(44)49)45-28-14-16-30-47(45)53-48-31-17-15-29-46(48)52-51(53)37-22-8-3-9-23-37/h1-34H/i3D,8D,9D,10D,11D,12D,13D,22D,23D,24D,25D,26D,27D. The van der Waals surface area contributed by atoms with Crippen LogP contribution in [-0.2, 0) is 0 Å². The van der Waals surface area contributed by atoms with Crippen molar-refractivity contribution in [3.8, 4) is 61.6 Å². The molecule has 0 aliphatic rings. The van der Waals surface area contributed by atoms with Crippen molar-refractivity contribution < 1.29 is 17.8 Å². The summed E-state index contributed by atoms with van der Waals surface area (Å²) in [6.45, 7) is 0. The lowest BCUT2D eigenvalue weighted by atomic mass is 9.84. The van der Waals surface area contributed by atoms with Crippen LogP contribution in [0.4, 0.5) is 0 Å². The van der Waals surface area contributed by atoms with E-state index in [1.807, 2.05) is 78.9 Å². The second-order valence-electron chi connectivity index (χ2n) is 12.6. The van der Waals surface area contributed by atoms with E-state index in [1.54, 1.807) is 53.1 Å². The zero-order chi connectivity index (χ0) is 46.5. The van der Waals surface area contributed by atoms with Crippen LogP contribution in [0.2, 0.25) is 0 Å². The zero-order valence-electron chi connectivity index (χ0n) is 41.0. The maximum Gasteiger partial charge on any atom is 0.145 e. The third kappa shape index (κ3) is 5.32. The highest BCUT2D eigenvalue weighted by Gasteiger charge is 2.22. The third-order valence-corrected chi connectivity index (χ3v) is 9.51. The van der Waals surface area contributed by atoms with Gasteiger partial charge in [-0.25, -0.2) is 4.98 Å². The number of fused-ring (bicyclic) bond motifs is 3. The summed E-state index contributed by atoms with van der Waals surface area (Å²) in [4.78, 5) is 4.84. The number of imidazole rings is 1. The van der Waals surface area contributed by atoms with E-state index in [4.69, 9.17) is 17.3 Å². The minimum Gasteiger partial charge on any atom is -0.292 e. The van der Waals surface area contributed by atoms with Crippen molar-refractivity contribution in [2.75, 3.05) is 0 Å². The molecule has 0 unspecified atom stereocenters. The first-order chi connectivity index (χ1) is 31.7. The van der Waals surface area contributed by atoms with Crippen LogP contribution in [0.3, 0.4) is 0 Å². The molecule has 0 fully saturated rings. The normalized spacial score (nSPS) is 14.8. The van der Waals surface area contributed by atoms with Crippen LogP contribution >= 0.6 is 0 Å². The molecule has 9 aromatic carbocycles. The Hall–Kier alpha value is -7.03. The lowest BCUT2D eigenvalue weighted by Gasteiger charge is -2.21. The monoisotopic (exact) mass is 687 g/mol. The molecule has 0 atom stereocenters. The predicted octanol–water partition coefficient (Wildman–Crippen LogP) is 13.7. The second kappa shape index (κ2) is 12.9. The van der Waals surface area contributed by atoms with Gasteiger partial charge in [0.2, 0.25) is 0 Å². The number of nitrogens with zero attached hydrogens (tertiary/aromatic N) is 2. The van der Waals surface area contributed by atoms with Crippen LogP contribution in [0.5, 0.6) is 0 Å². The lowest BCUT2D eigenvalue weighted by molar-refractivity contribution is 1.10. The molecule has 0 saturated heterocycles. The highest BCUT2D eigenvalue weighted by Crippen LogP contribution is 2.47. The molecule has 0 saturated carbocycles. The van der Waals surface area contributed by atoms with E-state index in [0.29, 0.717) is 22.3 Å². The summed E-state index contributed by atoms with van der Waals surface area (Å²) in [6.07, 6.45) is 0. The maximum atomic E-state index is 9.69. The van der Waals surface area contributed by atoms with E-state index >= 15 is 0 Å². The van der Waals surface area contributed by atoms with Crippen LogP contribution in [-0.4, -0.2) is 9.55 Å². The molecule has 0 aliphatic heterocycles. The highest BCUT2D eigenvalue weighted by molar-refractivity contribution is 6.22. The Bertz CT molecular complexity index is 3520. The van der Waals surface area contributed by atoms with Gasteiger partial charge in [0.15, 0.2) is 0 Å². The summed E-state index contributed by atoms with van der Waals surface area (Å²) in [5, 5.41) is 0.0186. The largest absolute Gasteiger partial charge is 0.292 e. The molecular weight excluding hydrogens is 641 g/mol. The number of aromatic nitrogens is 2. The van der Waals surface area contributed by atoms with Gasteiger partial charge in [-0.05, 0) is 96.9 Å². The van der Waals surface area contributed by atoms with Gasteiger partial charge in [0, 0.05) is 11.1 Å². The third-order valence-electron chi connectivity index (χ3n) is 9.51. The molecule has 0 N–H and O–H groups in total. The van der Waals surface area contributed by atoms with Crippen molar-refractivity contribution in [2.45, 2.75) is 0 Å². The molecule has 2 nitrogen and oxygen atoms in total. The van der Waals surface area contributed by atoms with Crippen molar-refractivity contribution in [3.63, 3.8) is 0 Å². The second-order valence-corrected chi connectivity index (χ2v) is 12.6. The lowest BCUT2D eigenvalue weighted by Crippen LogP contribution is -2.01. The van der Waals surface area contributed by atoms with Gasteiger partial charge in [-0.1, -0.05) is 170 Å². The fourth-order valence-corrected chi connectivity index (χ4v) is 7.23. The molecule has 0 spiro atoms. The molecule has 53 heavy (non-hydrogen) atoms. The minimum absolute atomic E-state index is 0.0128. The number of hydrogen-bond acceptors (Lipinski definition) is 1. The molecule has 0 bridgehead atoms. The summed E-state index contributed by atoms with van der Waals surface area (Å²) in [5.41, 5.74) is 5.17. The van der Waals surface area contributed by atoms with Gasteiger partial charge in [0.25, 0.3) is 0 Å². The average molecular weight is 688 g/mol. The summed E-state index contributed by atoms with van der Waals surface area (Å²) in [6, 6.07) is 32.0. The quantitative estimate of drug-likeness (QED) is 0.159. The van der Waals surface area contributed by atoms with Gasteiger partial charge in [-0.2, -0.15) is 0 Å². The molecule has 2 heteroatoms. The fourth-order valence-electron chi connectivity index (χ4n) is 7.23. The van der Waals surface area contributed by atoms with Crippen molar-refractivity contribution in [1.29, 1.82) is 0 Å². The van der Waals surface area contributed by atoms with Crippen molar-refractivity contribution in [1.82, 2.24) is 9.55 Å². The van der Waals surface area contributed by atoms with Gasteiger partial charge < -0.3 is 0 Å². The average Bonchev–Trinajstić information content (AvgIpc) is 3.73. The minimum atomic E-state index is -0.580. The van der Waals surface area contributed by atoms with Crippen molar-refractivity contribution in [2.24, 2.45) is 0 Å². The van der Waals surface area contributed by atoms with Gasteiger partial charge in [-0.15, -0.1) is 0 Å². The summed E-state index contributed by atoms with van der Waals surface area (Å²) in [7, 11) is 0. The van der Waals surface area contributed by atoms with Crippen LogP contribution in [0.1, 0.15) is 17.8 Å². The Morgan fingerprint density at radius 2 is 0.887 bits per heavy atom. The van der Waals surface area contributed by atoms with E-state index in [0.717, 1.165) is 22.3 Å². The van der Waals surface area contributed by atoms with E-state index in [9.17, 15) is 5.48 Å². The molecule has 10 aromatic rings. The molecule has 10 rings (SSSR count). The van der Waals surface area contributed by atoms with Gasteiger partial charge in [0.05, 0.1) is 34.5 Å². The van der Waals surface area contributed by atoms with Crippen LogP contribution in [0, 0.1) is 0 Å². The Morgan fingerprint density at radius 1 is 0.396 bits per heavy atom. The van der Waals surface area contributed by atoms with Crippen LogP contribution in [0.25, 0.3) is 94.2 Å². The van der Waals surface area contributed by atoms with Crippen molar-refractivity contribution in [3.05, 3.63) is 206 Å². The number of para-hydroxylation sites is 3. The van der Waals surface area contributed by atoms with Crippen LogP contribution < -0.4 is 0 Å². The topological polar surface area (TPSA) is 17.8 Å². The Morgan fingerprint density at radius 3 is 1.51 bits per heavy atom. The summed E-state index contributed by atoms with van der Waals surface area (Å²) < 4.78 is 120. The molecular formula is C51H34N2. The number of rotatable bonds is 6. The molecule has 1 heterocycles. The first-order valence-corrected chi connectivity index (χ1v) is 17.1. The van der Waals surface area contributed by atoms with Crippen molar-refractivity contribution >= 4 is 32.6 Å². The van der Waals surface area contributed by atoms with Gasteiger partial charge >= 0.3 is 0 Å². The Labute approximate surface area is 327 Å². The Kier molecular flexibility index (Phi) is 4.91.